The molecular formula is C13H18N3P. The standard InChI is InChI=1S/C11H12N3P.C2H6/c1-6-2-3-7-8(4-6)12-5-9-10(7)14-11(15)13-9;1-2/h2-4,12H,5,15H2,1H3,(H,13,14);1-2H3. The van der Waals surface area contributed by atoms with Gasteiger partial charge in [0.05, 0.1) is 17.9 Å². The first-order valence-corrected chi connectivity index (χ1v) is 6.51. The van der Waals surface area contributed by atoms with Gasteiger partial charge in [-0.15, -0.1) is 0 Å². The third kappa shape index (κ3) is 2.20. The van der Waals surface area contributed by atoms with Gasteiger partial charge in [0.15, 0.2) is 0 Å². The van der Waals surface area contributed by atoms with Crippen molar-refractivity contribution in [2.45, 2.75) is 27.3 Å². The second kappa shape index (κ2) is 4.89. The Morgan fingerprint density at radius 2 is 2.06 bits per heavy atom. The van der Waals surface area contributed by atoms with Crippen LogP contribution in [-0.2, 0) is 6.54 Å². The number of hydrogen-bond acceptors (Lipinski definition) is 2. The fourth-order valence-corrected chi connectivity index (χ4v) is 2.28. The molecule has 0 spiro atoms. The molecule has 0 bridgehead atoms. The molecule has 1 aliphatic rings. The number of aromatic amines is 1. The molecule has 3 nitrogen and oxygen atoms in total. The minimum atomic E-state index is 0.827. The predicted molar refractivity (Wildman–Crippen MR) is 76.8 cm³/mol. The Morgan fingerprint density at radius 1 is 1.29 bits per heavy atom. The average molecular weight is 247 g/mol. The lowest BCUT2D eigenvalue weighted by atomic mass is 10.0. The fourth-order valence-electron chi connectivity index (χ4n) is 1.97. The summed E-state index contributed by atoms with van der Waals surface area (Å²) >= 11 is 0. The van der Waals surface area contributed by atoms with E-state index in [2.05, 4.69) is 49.6 Å². The molecule has 1 unspecified atom stereocenters. The molecule has 0 fully saturated rings. The van der Waals surface area contributed by atoms with Gasteiger partial charge in [0.1, 0.15) is 5.57 Å². The first kappa shape index (κ1) is 12.1. The maximum Gasteiger partial charge on any atom is 0.123 e. The van der Waals surface area contributed by atoms with E-state index in [-0.39, 0.29) is 0 Å². The molecule has 2 aromatic rings. The third-order valence-electron chi connectivity index (χ3n) is 2.68. The van der Waals surface area contributed by atoms with Crippen LogP contribution in [0.2, 0.25) is 0 Å². The Morgan fingerprint density at radius 3 is 2.82 bits per heavy atom. The molecule has 4 heteroatoms. The summed E-state index contributed by atoms with van der Waals surface area (Å²) in [4.78, 5) is 7.73. The lowest BCUT2D eigenvalue weighted by Gasteiger charge is -2.17. The number of hydrogen-bond donors (Lipinski definition) is 2. The van der Waals surface area contributed by atoms with Crippen LogP contribution in [0.1, 0.15) is 25.1 Å². The van der Waals surface area contributed by atoms with Gasteiger partial charge in [-0.05, 0) is 18.6 Å². The average Bonchev–Trinajstić information content (AvgIpc) is 2.72. The number of nitrogens with one attached hydrogen (secondary N) is 2. The molecule has 0 aliphatic carbocycles. The fraction of sp³-hybridized carbons (Fsp3) is 0.308. The minimum Gasteiger partial charge on any atom is -0.379 e. The highest BCUT2D eigenvalue weighted by Gasteiger charge is 2.18. The van der Waals surface area contributed by atoms with Gasteiger partial charge in [-0.2, -0.15) is 0 Å². The molecule has 17 heavy (non-hydrogen) atoms. The normalized spacial score (nSPS) is 11.8. The van der Waals surface area contributed by atoms with E-state index >= 15 is 0 Å². The summed E-state index contributed by atoms with van der Waals surface area (Å²) in [7, 11) is 2.60. The van der Waals surface area contributed by atoms with Crippen molar-refractivity contribution in [1.82, 2.24) is 9.97 Å². The zero-order chi connectivity index (χ0) is 12.4. The van der Waals surface area contributed by atoms with Gasteiger partial charge in [0, 0.05) is 11.3 Å². The summed E-state index contributed by atoms with van der Waals surface area (Å²) in [5.74, 6) is 0. The maximum atomic E-state index is 4.49. The van der Waals surface area contributed by atoms with Gasteiger partial charge in [-0.3, -0.25) is 0 Å². The molecule has 1 aromatic carbocycles. The van der Waals surface area contributed by atoms with E-state index in [4.69, 9.17) is 0 Å². The second-order valence-electron chi connectivity index (χ2n) is 3.85. The summed E-state index contributed by atoms with van der Waals surface area (Å²) in [6.45, 7) is 6.93. The van der Waals surface area contributed by atoms with Gasteiger partial charge < -0.3 is 10.3 Å². The van der Waals surface area contributed by atoms with E-state index in [9.17, 15) is 0 Å². The van der Waals surface area contributed by atoms with Crippen LogP contribution in [0.5, 0.6) is 0 Å². The lowest BCUT2D eigenvalue weighted by Crippen LogP contribution is -2.08. The van der Waals surface area contributed by atoms with Crippen LogP contribution in [0.25, 0.3) is 11.3 Å². The van der Waals surface area contributed by atoms with E-state index < -0.39 is 0 Å². The number of anilines is 1. The maximum absolute atomic E-state index is 4.49. The van der Waals surface area contributed by atoms with Crippen molar-refractivity contribution >= 4 is 20.5 Å². The van der Waals surface area contributed by atoms with Crippen LogP contribution >= 0.6 is 9.24 Å². The summed E-state index contributed by atoms with van der Waals surface area (Å²) in [5.41, 5.74) is 6.78. The molecule has 0 saturated heterocycles. The van der Waals surface area contributed by atoms with Crippen molar-refractivity contribution in [2.24, 2.45) is 0 Å². The summed E-state index contributed by atoms with van der Waals surface area (Å²) in [6.07, 6.45) is 0. The van der Waals surface area contributed by atoms with Gasteiger partial charge in [-0.1, -0.05) is 35.2 Å². The number of rotatable bonds is 0. The van der Waals surface area contributed by atoms with Crippen molar-refractivity contribution < 1.29 is 0 Å². The SMILES string of the molecule is CC.Cc1ccc2c(c1)NCc1[nH]c(P)nc1-2. The van der Waals surface area contributed by atoms with E-state index in [1.165, 1.54) is 16.8 Å². The van der Waals surface area contributed by atoms with E-state index in [1.54, 1.807) is 0 Å². The third-order valence-corrected chi connectivity index (χ3v) is 2.96. The van der Waals surface area contributed by atoms with Crippen molar-refractivity contribution in [3.05, 3.63) is 29.5 Å². The van der Waals surface area contributed by atoms with Gasteiger partial charge in [0.25, 0.3) is 0 Å². The highest BCUT2D eigenvalue weighted by Crippen LogP contribution is 2.33. The minimum absolute atomic E-state index is 0.827. The first-order valence-electron chi connectivity index (χ1n) is 5.93. The van der Waals surface area contributed by atoms with Crippen molar-refractivity contribution in [2.75, 3.05) is 5.32 Å². The smallest absolute Gasteiger partial charge is 0.123 e. The summed E-state index contributed by atoms with van der Waals surface area (Å²) in [6, 6.07) is 6.41. The van der Waals surface area contributed by atoms with Crippen LogP contribution in [0.3, 0.4) is 0 Å². The van der Waals surface area contributed by atoms with Crippen LogP contribution in [-0.4, -0.2) is 9.97 Å². The Hall–Kier alpha value is -1.34. The number of benzene rings is 1. The largest absolute Gasteiger partial charge is 0.379 e. The van der Waals surface area contributed by atoms with Crippen LogP contribution in [0.4, 0.5) is 5.69 Å². The van der Waals surface area contributed by atoms with Crippen molar-refractivity contribution in [3.8, 4) is 11.3 Å². The second-order valence-corrected chi connectivity index (χ2v) is 4.40. The van der Waals surface area contributed by atoms with Crippen LogP contribution in [0, 0.1) is 6.92 Å². The molecule has 3 rings (SSSR count). The molecule has 0 saturated carbocycles. The molecule has 0 radical (unpaired) electrons. The number of nitrogens with zero attached hydrogens (tertiary/aromatic N) is 1. The summed E-state index contributed by atoms with van der Waals surface area (Å²) in [5, 5.41) is 3.39. The molecule has 0 amide bonds. The summed E-state index contributed by atoms with van der Waals surface area (Å²) < 4.78 is 0. The molecule has 1 aromatic heterocycles. The molecule has 2 heterocycles. The molecule has 90 valence electrons. The van der Waals surface area contributed by atoms with Crippen molar-refractivity contribution in [1.29, 1.82) is 0 Å². The number of fused-ring (bicyclic) bond motifs is 3. The topological polar surface area (TPSA) is 40.7 Å². The van der Waals surface area contributed by atoms with Gasteiger partial charge in [-0.25, -0.2) is 4.98 Å². The van der Waals surface area contributed by atoms with Crippen LogP contribution in [0.15, 0.2) is 18.2 Å². The zero-order valence-corrected chi connectivity index (χ0v) is 11.6. The monoisotopic (exact) mass is 247 g/mol. The predicted octanol–water partition coefficient (Wildman–Crippen LogP) is 2.84. The van der Waals surface area contributed by atoms with Crippen molar-refractivity contribution in [3.63, 3.8) is 0 Å². The number of aryl methyl sites for hydroxylation is 1. The van der Waals surface area contributed by atoms with E-state index in [1.807, 2.05) is 13.8 Å². The Labute approximate surface area is 104 Å². The molecule has 1 aliphatic heterocycles. The van der Waals surface area contributed by atoms with Crippen LogP contribution < -0.4 is 10.9 Å². The Kier molecular flexibility index (Phi) is 3.49. The lowest BCUT2D eigenvalue weighted by molar-refractivity contribution is 1.06. The zero-order valence-electron chi connectivity index (χ0n) is 10.5. The highest BCUT2D eigenvalue weighted by atomic mass is 31.0. The molecule has 2 N–H and O–H groups in total. The Balaban J connectivity index is 0.000000514. The van der Waals surface area contributed by atoms with Gasteiger partial charge >= 0.3 is 0 Å². The quantitative estimate of drug-likeness (QED) is 0.703. The number of aromatic nitrogens is 2. The first-order chi connectivity index (χ1) is 8.24. The number of imidazole rings is 1. The Bertz CT molecular complexity index is 531. The number of H-pyrrole nitrogens is 1. The highest BCUT2D eigenvalue weighted by molar-refractivity contribution is 7.26. The molecular weight excluding hydrogens is 229 g/mol. The molecule has 1 atom stereocenters. The van der Waals surface area contributed by atoms with Gasteiger partial charge in [0.2, 0.25) is 0 Å². The van der Waals surface area contributed by atoms with E-state index in [0.29, 0.717) is 0 Å². The van der Waals surface area contributed by atoms with E-state index in [0.717, 1.165) is 23.5 Å².